The molecule has 1 fully saturated rings. The third-order valence-corrected chi connectivity index (χ3v) is 5.46. The van der Waals surface area contributed by atoms with Crippen LogP contribution in [-0.2, 0) is 13.1 Å². The Bertz CT molecular complexity index is 696. The third-order valence-electron chi connectivity index (χ3n) is 5.46. The van der Waals surface area contributed by atoms with Crippen LogP contribution in [0.15, 0.2) is 59.9 Å². The van der Waals surface area contributed by atoms with Crippen LogP contribution < -0.4 is 10.6 Å². The molecule has 1 aromatic heterocycles. The first-order chi connectivity index (χ1) is 14.3. The Balaban J connectivity index is 0.00000320. The predicted molar refractivity (Wildman–Crippen MR) is 137 cm³/mol. The Kier molecular flexibility index (Phi) is 11.9. The summed E-state index contributed by atoms with van der Waals surface area (Å²) < 4.78 is 2.17. The van der Waals surface area contributed by atoms with Crippen LogP contribution in [0.2, 0.25) is 0 Å². The van der Waals surface area contributed by atoms with E-state index in [1.54, 1.807) is 0 Å². The summed E-state index contributed by atoms with van der Waals surface area (Å²) >= 11 is 0. The van der Waals surface area contributed by atoms with Gasteiger partial charge in [-0.25, -0.2) is 0 Å². The van der Waals surface area contributed by atoms with Crippen molar-refractivity contribution >= 4 is 29.9 Å². The zero-order chi connectivity index (χ0) is 20.2. The molecule has 7 heteroatoms. The van der Waals surface area contributed by atoms with Crippen LogP contribution in [0.3, 0.4) is 0 Å². The van der Waals surface area contributed by atoms with Crippen molar-refractivity contribution in [3.05, 3.63) is 60.4 Å². The molecule has 0 amide bonds. The molecule has 0 bridgehead atoms. The fourth-order valence-corrected chi connectivity index (χ4v) is 3.72. The number of nitrogens with zero attached hydrogens (tertiary/aromatic N) is 4. The van der Waals surface area contributed by atoms with Crippen LogP contribution in [0.1, 0.15) is 18.4 Å². The van der Waals surface area contributed by atoms with E-state index in [9.17, 15) is 0 Å². The van der Waals surface area contributed by atoms with Gasteiger partial charge in [0, 0.05) is 71.8 Å². The number of nitrogens with one attached hydrogen (secondary N) is 2. The lowest BCUT2D eigenvalue weighted by molar-refractivity contribution is 0.126. The van der Waals surface area contributed by atoms with E-state index in [1.165, 1.54) is 51.1 Å². The molecule has 0 aliphatic carbocycles. The Morgan fingerprint density at radius 2 is 1.50 bits per heavy atom. The number of piperazine rings is 1. The fourth-order valence-electron chi connectivity index (χ4n) is 3.72. The first-order valence-electron chi connectivity index (χ1n) is 10.9. The highest BCUT2D eigenvalue weighted by Crippen LogP contribution is 2.09. The van der Waals surface area contributed by atoms with Crippen molar-refractivity contribution in [1.29, 1.82) is 0 Å². The summed E-state index contributed by atoms with van der Waals surface area (Å²) in [6.07, 6.45) is 6.56. The van der Waals surface area contributed by atoms with Gasteiger partial charge in [-0.05, 0) is 37.1 Å². The summed E-state index contributed by atoms with van der Waals surface area (Å²) in [6, 6.07) is 14.9. The maximum atomic E-state index is 4.31. The normalized spacial score (nSPS) is 15.6. The molecule has 1 aromatic carbocycles. The van der Waals surface area contributed by atoms with Crippen LogP contribution >= 0.6 is 24.0 Å². The maximum absolute atomic E-state index is 4.31. The summed E-state index contributed by atoms with van der Waals surface area (Å²) in [6.45, 7) is 9.78. The molecule has 2 N–H and O–H groups in total. The highest BCUT2D eigenvalue weighted by molar-refractivity contribution is 14.0. The highest BCUT2D eigenvalue weighted by Gasteiger charge is 2.16. The first-order valence-corrected chi connectivity index (χ1v) is 10.9. The quantitative estimate of drug-likeness (QED) is 0.217. The van der Waals surface area contributed by atoms with Crippen molar-refractivity contribution in [3.8, 4) is 0 Å². The van der Waals surface area contributed by atoms with Gasteiger partial charge in [0.15, 0.2) is 5.96 Å². The van der Waals surface area contributed by atoms with E-state index in [2.05, 4.69) is 84.9 Å². The predicted octanol–water partition coefficient (Wildman–Crippen LogP) is 2.87. The molecule has 30 heavy (non-hydrogen) atoms. The molecule has 0 unspecified atom stereocenters. The van der Waals surface area contributed by atoms with Crippen molar-refractivity contribution in [2.75, 3.05) is 52.9 Å². The van der Waals surface area contributed by atoms with Gasteiger partial charge in [0.05, 0.1) is 0 Å². The summed E-state index contributed by atoms with van der Waals surface area (Å²) in [4.78, 5) is 9.48. The number of aromatic nitrogens is 1. The fraction of sp³-hybridized carbons (Fsp3) is 0.522. The molecule has 0 saturated carbocycles. The Morgan fingerprint density at radius 3 is 2.20 bits per heavy atom. The monoisotopic (exact) mass is 524 g/mol. The number of rotatable bonds is 10. The average Bonchev–Trinajstić information content (AvgIpc) is 3.28. The third kappa shape index (κ3) is 9.06. The number of benzene rings is 1. The molecule has 0 atom stereocenters. The molecule has 0 radical (unpaired) electrons. The number of halogens is 1. The molecular formula is C23H37IN6. The van der Waals surface area contributed by atoms with Gasteiger partial charge >= 0.3 is 0 Å². The minimum atomic E-state index is 0. The van der Waals surface area contributed by atoms with Crippen LogP contribution in [0, 0.1) is 0 Å². The van der Waals surface area contributed by atoms with E-state index >= 15 is 0 Å². The maximum Gasteiger partial charge on any atom is 0.191 e. The van der Waals surface area contributed by atoms with Crippen LogP contribution in [0.25, 0.3) is 0 Å². The number of hydrogen-bond donors (Lipinski definition) is 2. The number of guanidine groups is 1. The minimum Gasteiger partial charge on any atom is -0.356 e. The van der Waals surface area contributed by atoms with E-state index in [0.29, 0.717) is 0 Å². The van der Waals surface area contributed by atoms with Crippen molar-refractivity contribution in [2.45, 2.75) is 25.9 Å². The summed E-state index contributed by atoms with van der Waals surface area (Å²) in [5.41, 5.74) is 1.42. The van der Waals surface area contributed by atoms with Crippen LogP contribution in [0.5, 0.6) is 0 Å². The minimum absolute atomic E-state index is 0. The summed E-state index contributed by atoms with van der Waals surface area (Å²) in [5, 5.41) is 6.80. The molecule has 2 aromatic rings. The zero-order valence-corrected chi connectivity index (χ0v) is 20.5. The van der Waals surface area contributed by atoms with Crippen molar-refractivity contribution in [2.24, 2.45) is 4.99 Å². The SMILES string of the molecule is CN=C(NCCCCN1CCN(Cc2ccccc2)CC1)NCCn1cccc1.I. The largest absolute Gasteiger partial charge is 0.356 e. The zero-order valence-electron chi connectivity index (χ0n) is 18.2. The lowest BCUT2D eigenvalue weighted by Gasteiger charge is -2.34. The lowest BCUT2D eigenvalue weighted by Crippen LogP contribution is -2.46. The smallest absolute Gasteiger partial charge is 0.191 e. The molecule has 1 aliphatic rings. The molecular weight excluding hydrogens is 487 g/mol. The van der Waals surface area contributed by atoms with Gasteiger partial charge in [-0.15, -0.1) is 24.0 Å². The van der Waals surface area contributed by atoms with Crippen LogP contribution in [0.4, 0.5) is 0 Å². The van der Waals surface area contributed by atoms with E-state index in [0.717, 1.165) is 32.1 Å². The van der Waals surface area contributed by atoms with Gasteiger partial charge < -0.3 is 20.1 Å². The van der Waals surface area contributed by atoms with Gasteiger partial charge in [0.25, 0.3) is 0 Å². The number of unbranched alkanes of at least 4 members (excludes halogenated alkanes) is 1. The molecule has 3 rings (SSSR count). The average molecular weight is 524 g/mol. The van der Waals surface area contributed by atoms with E-state index in [-0.39, 0.29) is 24.0 Å². The van der Waals surface area contributed by atoms with Crippen molar-refractivity contribution in [3.63, 3.8) is 0 Å². The van der Waals surface area contributed by atoms with E-state index in [4.69, 9.17) is 0 Å². The van der Waals surface area contributed by atoms with Gasteiger partial charge in [-0.1, -0.05) is 30.3 Å². The molecule has 1 aliphatic heterocycles. The van der Waals surface area contributed by atoms with Gasteiger partial charge in [-0.3, -0.25) is 9.89 Å². The second-order valence-electron chi connectivity index (χ2n) is 7.66. The molecule has 2 heterocycles. The van der Waals surface area contributed by atoms with E-state index in [1.807, 2.05) is 7.05 Å². The highest BCUT2D eigenvalue weighted by atomic mass is 127. The molecule has 0 spiro atoms. The molecule has 166 valence electrons. The Hall–Kier alpha value is -1.58. The first kappa shape index (κ1) is 24.7. The topological polar surface area (TPSA) is 47.8 Å². The van der Waals surface area contributed by atoms with Gasteiger partial charge in [-0.2, -0.15) is 0 Å². The molecule has 6 nitrogen and oxygen atoms in total. The Labute approximate surface area is 198 Å². The van der Waals surface area contributed by atoms with Crippen LogP contribution in [-0.4, -0.2) is 73.2 Å². The standard InChI is InChI=1S/C23H36N6.HI/c1-24-23(26-12-16-27-14-7-8-15-27)25-11-5-6-13-28-17-19-29(20-18-28)21-22-9-3-2-4-10-22;/h2-4,7-10,14-15H,5-6,11-13,16-21H2,1H3,(H2,24,25,26);1H. The Morgan fingerprint density at radius 1 is 0.833 bits per heavy atom. The van der Waals surface area contributed by atoms with Crippen molar-refractivity contribution in [1.82, 2.24) is 25.0 Å². The van der Waals surface area contributed by atoms with Gasteiger partial charge in [0.1, 0.15) is 0 Å². The molecule has 1 saturated heterocycles. The second kappa shape index (κ2) is 14.4. The van der Waals surface area contributed by atoms with Gasteiger partial charge in [0.2, 0.25) is 0 Å². The number of hydrogen-bond acceptors (Lipinski definition) is 3. The van der Waals surface area contributed by atoms with Crippen molar-refractivity contribution < 1.29 is 0 Å². The summed E-state index contributed by atoms with van der Waals surface area (Å²) in [7, 11) is 1.83. The number of aliphatic imine (C=N–C) groups is 1. The van der Waals surface area contributed by atoms with E-state index < -0.39 is 0 Å². The lowest BCUT2D eigenvalue weighted by atomic mass is 10.2. The summed E-state index contributed by atoms with van der Waals surface area (Å²) in [5.74, 6) is 0.895. The second-order valence-corrected chi connectivity index (χ2v) is 7.66.